The van der Waals surface area contributed by atoms with Crippen molar-refractivity contribution in [3.05, 3.63) is 18.1 Å². The number of hydrogen-bond acceptors (Lipinski definition) is 6. The summed E-state index contributed by atoms with van der Waals surface area (Å²) in [5.74, 6) is 1.74. The lowest BCUT2D eigenvalue weighted by Gasteiger charge is -2.40. The second-order valence-electron chi connectivity index (χ2n) is 5.55. The van der Waals surface area contributed by atoms with Gasteiger partial charge < -0.3 is 9.64 Å². The molecule has 1 aliphatic heterocycles. The normalized spacial score (nSPS) is 20.3. The zero-order valence-electron chi connectivity index (χ0n) is 12.9. The van der Waals surface area contributed by atoms with Crippen LogP contribution in [0.25, 0.3) is 5.78 Å². The minimum Gasteiger partial charge on any atom is -0.383 e. The van der Waals surface area contributed by atoms with Gasteiger partial charge >= 0.3 is 0 Å². The molecule has 21 heavy (non-hydrogen) atoms. The Kier molecular flexibility index (Phi) is 4.03. The van der Waals surface area contributed by atoms with Gasteiger partial charge in [0.15, 0.2) is 0 Å². The second-order valence-corrected chi connectivity index (χ2v) is 5.55. The summed E-state index contributed by atoms with van der Waals surface area (Å²) in [5.41, 5.74) is 0.972. The van der Waals surface area contributed by atoms with Crippen LogP contribution in [-0.2, 0) is 4.74 Å². The van der Waals surface area contributed by atoms with Crippen LogP contribution in [0.15, 0.2) is 12.4 Å². The fourth-order valence-corrected chi connectivity index (χ4v) is 2.88. The molecule has 1 unspecified atom stereocenters. The fraction of sp³-hybridized carbons (Fsp3) is 0.643. The third kappa shape index (κ3) is 2.84. The summed E-state index contributed by atoms with van der Waals surface area (Å²) >= 11 is 0. The van der Waals surface area contributed by atoms with Gasteiger partial charge in [0.25, 0.3) is 5.78 Å². The van der Waals surface area contributed by atoms with Crippen LogP contribution in [0.4, 0.5) is 5.82 Å². The number of hydrogen-bond donors (Lipinski definition) is 0. The van der Waals surface area contributed by atoms with Gasteiger partial charge in [0.1, 0.15) is 12.1 Å². The third-order valence-electron chi connectivity index (χ3n) is 4.03. The lowest BCUT2D eigenvalue weighted by atomic mass is 10.2. The van der Waals surface area contributed by atoms with E-state index in [1.165, 1.54) is 0 Å². The number of ether oxygens (including phenoxy) is 1. The molecule has 0 amide bonds. The Morgan fingerprint density at radius 2 is 2.24 bits per heavy atom. The third-order valence-corrected chi connectivity index (χ3v) is 4.03. The Labute approximate surface area is 124 Å². The van der Waals surface area contributed by atoms with Crippen molar-refractivity contribution in [2.75, 3.05) is 44.8 Å². The zero-order chi connectivity index (χ0) is 14.8. The lowest BCUT2D eigenvalue weighted by molar-refractivity contribution is 0.117. The monoisotopic (exact) mass is 290 g/mol. The van der Waals surface area contributed by atoms with E-state index in [2.05, 4.69) is 37.9 Å². The van der Waals surface area contributed by atoms with Gasteiger partial charge in [-0.15, -0.1) is 0 Å². The Morgan fingerprint density at radius 1 is 1.38 bits per heavy atom. The number of aryl methyl sites for hydroxylation is 1. The number of aromatic nitrogens is 4. The molecule has 1 fully saturated rings. The molecule has 3 rings (SSSR count). The van der Waals surface area contributed by atoms with E-state index >= 15 is 0 Å². The van der Waals surface area contributed by atoms with Crippen molar-refractivity contribution in [3.8, 4) is 0 Å². The highest BCUT2D eigenvalue weighted by molar-refractivity contribution is 5.47. The van der Waals surface area contributed by atoms with Crippen LogP contribution in [0.5, 0.6) is 0 Å². The first kappa shape index (κ1) is 14.2. The van der Waals surface area contributed by atoms with Crippen LogP contribution >= 0.6 is 0 Å². The summed E-state index contributed by atoms with van der Waals surface area (Å²) in [6, 6.07) is 2.57. The molecular formula is C14H22N6O. The summed E-state index contributed by atoms with van der Waals surface area (Å²) in [6.45, 7) is 9.01. The van der Waals surface area contributed by atoms with Crippen molar-refractivity contribution in [3.63, 3.8) is 0 Å². The first-order valence-electron chi connectivity index (χ1n) is 7.34. The average molecular weight is 290 g/mol. The molecule has 7 heteroatoms. The van der Waals surface area contributed by atoms with Crippen molar-refractivity contribution in [2.24, 2.45) is 0 Å². The molecule has 2 aromatic rings. The van der Waals surface area contributed by atoms with Crippen molar-refractivity contribution in [2.45, 2.75) is 19.9 Å². The molecule has 1 saturated heterocycles. The maximum absolute atomic E-state index is 5.18. The molecular weight excluding hydrogens is 268 g/mol. The second kappa shape index (κ2) is 5.95. The first-order valence-corrected chi connectivity index (χ1v) is 7.34. The van der Waals surface area contributed by atoms with Gasteiger partial charge in [-0.2, -0.15) is 14.6 Å². The topological polar surface area (TPSA) is 58.8 Å². The van der Waals surface area contributed by atoms with Crippen molar-refractivity contribution < 1.29 is 4.74 Å². The molecule has 0 spiro atoms. The molecule has 1 aliphatic rings. The van der Waals surface area contributed by atoms with Crippen LogP contribution in [0.2, 0.25) is 0 Å². The lowest BCUT2D eigenvalue weighted by Crippen LogP contribution is -2.53. The average Bonchev–Trinajstić information content (AvgIpc) is 2.93. The van der Waals surface area contributed by atoms with E-state index in [4.69, 9.17) is 4.74 Å². The van der Waals surface area contributed by atoms with Crippen molar-refractivity contribution in [1.82, 2.24) is 24.5 Å². The van der Waals surface area contributed by atoms with Crippen LogP contribution in [0.3, 0.4) is 0 Å². The van der Waals surface area contributed by atoms with E-state index in [1.807, 2.05) is 11.4 Å². The molecule has 3 heterocycles. The smallest absolute Gasteiger partial charge is 0.254 e. The highest BCUT2D eigenvalue weighted by Gasteiger charge is 2.25. The molecule has 2 aromatic heterocycles. The van der Waals surface area contributed by atoms with Gasteiger partial charge in [-0.25, -0.2) is 4.98 Å². The number of anilines is 1. The van der Waals surface area contributed by atoms with Crippen molar-refractivity contribution in [1.29, 1.82) is 0 Å². The molecule has 7 nitrogen and oxygen atoms in total. The summed E-state index contributed by atoms with van der Waals surface area (Å²) < 4.78 is 7.01. The maximum Gasteiger partial charge on any atom is 0.254 e. The van der Waals surface area contributed by atoms with Gasteiger partial charge in [-0.1, -0.05) is 0 Å². The van der Waals surface area contributed by atoms with Crippen LogP contribution in [-0.4, -0.2) is 70.4 Å². The summed E-state index contributed by atoms with van der Waals surface area (Å²) in [4.78, 5) is 13.4. The van der Waals surface area contributed by atoms with E-state index in [0.29, 0.717) is 11.8 Å². The van der Waals surface area contributed by atoms with E-state index in [1.54, 1.807) is 13.4 Å². The number of piperazine rings is 1. The first-order chi connectivity index (χ1) is 10.2. The number of fused-ring (bicyclic) bond motifs is 1. The summed E-state index contributed by atoms with van der Waals surface area (Å²) in [7, 11) is 1.75. The van der Waals surface area contributed by atoms with Gasteiger partial charge in [0.05, 0.1) is 6.61 Å². The van der Waals surface area contributed by atoms with Crippen LogP contribution in [0, 0.1) is 6.92 Å². The maximum atomic E-state index is 5.18. The quantitative estimate of drug-likeness (QED) is 0.821. The van der Waals surface area contributed by atoms with Crippen molar-refractivity contribution >= 4 is 11.6 Å². The highest BCUT2D eigenvalue weighted by Crippen LogP contribution is 2.20. The highest BCUT2D eigenvalue weighted by atomic mass is 16.5. The van der Waals surface area contributed by atoms with E-state index in [0.717, 1.165) is 44.3 Å². The van der Waals surface area contributed by atoms with E-state index in [-0.39, 0.29) is 0 Å². The van der Waals surface area contributed by atoms with Crippen LogP contribution < -0.4 is 4.90 Å². The summed E-state index contributed by atoms with van der Waals surface area (Å²) in [5, 5.41) is 4.30. The van der Waals surface area contributed by atoms with E-state index in [9.17, 15) is 0 Å². The number of nitrogens with zero attached hydrogens (tertiary/aromatic N) is 6. The van der Waals surface area contributed by atoms with Gasteiger partial charge in [0, 0.05) is 51.1 Å². The minimum atomic E-state index is 0.487. The van der Waals surface area contributed by atoms with Gasteiger partial charge in [-0.3, -0.25) is 4.90 Å². The predicted molar refractivity (Wildman–Crippen MR) is 80.6 cm³/mol. The molecule has 0 saturated carbocycles. The molecule has 0 N–H and O–H groups in total. The number of methoxy groups -OCH3 is 1. The minimum absolute atomic E-state index is 0.487. The Morgan fingerprint density at radius 3 is 3.00 bits per heavy atom. The summed E-state index contributed by atoms with van der Waals surface area (Å²) in [6.07, 6.45) is 1.56. The number of rotatable bonds is 4. The van der Waals surface area contributed by atoms with Gasteiger partial charge in [0.2, 0.25) is 0 Å². The molecule has 0 bridgehead atoms. The molecule has 0 aliphatic carbocycles. The Bertz CT molecular complexity index is 613. The Balaban J connectivity index is 1.80. The SMILES string of the molecule is COCCN1CCN(c2cc(C)nc3ncnn23)CC1C. The van der Waals surface area contributed by atoms with Crippen LogP contribution in [0.1, 0.15) is 12.6 Å². The van der Waals surface area contributed by atoms with Gasteiger partial charge in [-0.05, 0) is 13.8 Å². The Hall–Kier alpha value is -1.73. The van der Waals surface area contributed by atoms with E-state index < -0.39 is 0 Å². The molecule has 1 atom stereocenters. The molecule has 114 valence electrons. The molecule has 0 aromatic carbocycles. The predicted octanol–water partition coefficient (Wildman–Crippen LogP) is 0.590. The molecule has 0 radical (unpaired) electrons. The standard InChI is InChI=1S/C14H22N6O/c1-11-8-13(20-14(17-11)15-10-16-20)19-5-4-18(6-7-21-3)12(2)9-19/h8,10,12H,4-7,9H2,1-3H3. The zero-order valence-corrected chi connectivity index (χ0v) is 12.9. The largest absolute Gasteiger partial charge is 0.383 e. The fourth-order valence-electron chi connectivity index (χ4n) is 2.88.